The van der Waals surface area contributed by atoms with E-state index < -0.39 is 0 Å². The number of anilines is 5. The smallest absolute Gasteiger partial charge is 0.162 e. The molecule has 2 heterocycles. The van der Waals surface area contributed by atoms with Gasteiger partial charge in [0.05, 0.1) is 22.6 Å². The first-order valence-electron chi connectivity index (χ1n) is 8.30. The van der Waals surface area contributed by atoms with E-state index >= 15 is 0 Å². The molecule has 3 rings (SSSR count). The van der Waals surface area contributed by atoms with E-state index in [1.54, 1.807) is 12.1 Å². The molecule has 0 atom stereocenters. The van der Waals surface area contributed by atoms with Gasteiger partial charge in [0.1, 0.15) is 11.0 Å². The zero-order valence-electron chi connectivity index (χ0n) is 15.2. The van der Waals surface area contributed by atoms with Crippen LogP contribution in [0.15, 0.2) is 42.5 Å². The topological polar surface area (TPSA) is 91.8 Å². The summed E-state index contributed by atoms with van der Waals surface area (Å²) < 4.78 is 0. The van der Waals surface area contributed by atoms with Gasteiger partial charge in [0, 0.05) is 12.7 Å². The fourth-order valence-electron chi connectivity index (χ4n) is 2.46. The molecule has 3 N–H and O–H groups in total. The Balaban J connectivity index is 1.81. The monoisotopic (exact) mass is 382 g/mol. The van der Waals surface area contributed by atoms with Gasteiger partial charge in [0.25, 0.3) is 0 Å². The predicted molar refractivity (Wildman–Crippen MR) is 109 cm³/mol. The second kappa shape index (κ2) is 8.01. The molecule has 0 saturated carbocycles. The molecule has 0 amide bonds. The normalized spacial score (nSPS) is 10.4. The van der Waals surface area contributed by atoms with Crippen molar-refractivity contribution in [2.75, 3.05) is 23.0 Å². The molecule has 0 unspecified atom stereocenters. The van der Waals surface area contributed by atoms with Crippen molar-refractivity contribution >= 4 is 46.1 Å². The van der Waals surface area contributed by atoms with Crippen molar-refractivity contribution in [3.05, 3.63) is 58.9 Å². The molecular weight excluding hydrogens is 364 g/mol. The third kappa shape index (κ3) is 4.51. The zero-order valence-corrected chi connectivity index (χ0v) is 15.9. The van der Waals surface area contributed by atoms with E-state index in [0.29, 0.717) is 17.2 Å². The molecule has 0 aliphatic carbocycles. The highest BCUT2D eigenvalue weighted by molar-refractivity contribution is 6.32. The highest BCUT2D eigenvalue weighted by Gasteiger charge is 2.10. The van der Waals surface area contributed by atoms with Gasteiger partial charge in [-0.15, -0.1) is 5.10 Å². The Hall–Kier alpha value is -3.19. The predicted octanol–water partition coefficient (Wildman–Crippen LogP) is 4.56. The lowest BCUT2D eigenvalue weighted by atomic mass is 10.2. The number of carbonyl (C=O) groups is 1. The average molecular weight is 383 g/mol. The van der Waals surface area contributed by atoms with Crippen LogP contribution in [0.2, 0.25) is 5.15 Å². The fourth-order valence-corrected chi connectivity index (χ4v) is 2.74. The number of hydrogen-bond acceptors (Lipinski definition) is 7. The lowest BCUT2D eigenvalue weighted by molar-refractivity contribution is 0.101. The Labute approximate surface area is 162 Å². The standard InChI is InChI=1S/C19H19ClN6O/c1-11-4-8-18(26-25-11)22-13-5-7-15(16(10-13)21-3)23-17-9-6-14(12(2)27)19(20)24-17/h4-10,21H,1-3H3,(H,22,26)(H,23,24). The molecular formula is C19H19ClN6O. The van der Waals surface area contributed by atoms with E-state index in [1.165, 1.54) is 6.92 Å². The van der Waals surface area contributed by atoms with Gasteiger partial charge in [-0.25, -0.2) is 4.98 Å². The van der Waals surface area contributed by atoms with Crippen molar-refractivity contribution in [3.63, 3.8) is 0 Å². The Morgan fingerprint density at radius 2 is 1.74 bits per heavy atom. The number of halogens is 1. The number of aromatic nitrogens is 3. The number of benzene rings is 1. The fraction of sp³-hybridized carbons (Fsp3) is 0.158. The Morgan fingerprint density at radius 3 is 2.37 bits per heavy atom. The SMILES string of the molecule is CNc1cc(Nc2ccc(C)nn2)ccc1Nc1ccc(C(C)=O)c(Cl)n1. The second-order valence-corrected chi connectivity index (χ2v) is 6.27. The summed E-state index contributed by atoms with van der Waals surface area (Å²) >= 11 is 6.08. The molecule has 27 heavy (non-hydrogen) atoms. The van der Waals surface area contributed by atoms with Crippen LogP contribution in [0.1, 0.15) is 23.0 Å². The summed E-state index contributed by atoms with van der Waals surface area (Å²) in [5, 5.41) is 17.9. The molecule has 0 aliphatic rings. The summed E-state index contributed by atoms with van der Waals surface area (Å²) in [6.45, 7) is 3.35. The van der Waals surface area contributed by atoms with Gasteiger partial charge < -0.3 is 16.0 Å². The van der Waals surface area contributed by atoms with Crippen LogP contribution in [0, 0.1) is 6.92 Å². The van der Waals surface area contributed by atoms with E-state index in [4.69, 9.17) is 11.6 Å². The largest absolute Gasteiger partial charge is 0.386 e. The molecule has 8 heteroatoms. The second-order valence-electron chi connectivity index (χ2n) is 5.91. The van der Waals surface area contributed by atoms with E-state index in [0.717, 1.165) is 22.8 Å². The Bertz CT molecular complexity index is 974. The van der Waals surface area contributed by atoms with Crippen LogP contribution in [0.3, 0.4) is 0 Å². The number of ketones is 1. The van der Waals surface area contributed by atoms with Crippen molar-refractivity contribution in [2.45, 2.75) is 13.8 Å². The summed E-state index contributed by atoms with van der Waals surface area (Å²) in [4.78, 5) is 15.7. The van der Waals surface area contributed by atoms with E-state index in [-0.39, 0.29) is 10.9 Å². The third-order valence-electron chi connectivity index (χ3n) is 3.85. The lowest BCUT2D eigenvalue weighted by Crippen LogP contribution is -2.02. The Kier molecular flexibility index (Phi) is 5.52. The van der Waals surface area contributed by atoms with Crippen LogP contribution in [0.25, 0.3) is 0 Å². The highest BCUT2D eigenvalue weighted by Crippen LogP contribution is 2.29. The molecule has 0 bridgehead atoms. The molecule has 0 spiro atoms. The van der Waals surface area contributed by atoms with Crippen LogP contribution in [0.5, 0.6) is 0 Å². The van der Waals surface area contributed by atoms with Gasteiger partial charge in [-0.1, -0.05) is 11.6 Å². The zero-order chi connectivity index (χ0) is 19.4. The average Bonchev–Trinajstić information content (AvgIpc) is 2.64. The number of rotatable bonds is 6. The Morgan fingerprint density at radius 1 is 0.963 bits per heavy atom. The first-order valence-corrected chi connectivity index (χ1v) is 8.67. The quantitative estimate of drug-likeness (QED) is 0.425. The lowest BCUT2D eigenvalue weighted by Gasteiger charge is -2.14. The highest BCUT2D eigenvalue weighted by atomic mass is 35.5. The number of carbonyl (C=O) groups excluding carboxylic acids is 1. The maximum Gasteiger partial charge on any atom is 0.162 e. The van der Waals surface area contributed by atoms with E-state index in [9.17, 15) is 4.79 Å². The van der Waals surface area contributed by atoms with Gasteiger partial charge in [-0.3, -0.25) is 4.79 Å². The van der Waals surface area contributed by atoms with Crippen molar-refractivity contribution in [3.8, 4) is 0 Å². The first-order chi connectivity index (χ1) is 13.0. The van der Waals surface area contributed by atoms with Crippen molar-refractivity contribution in [2.24, 2.45) is 0 Å². The minimum atomic E-state index is -0.121. The first kappa shape index (κ1) is 18.6. The van der Waals surface area contributed by atoms with Crippen molar-refractivity contribution < 1.29 is 4.79 Å². The number of Topliss-reactive ketones (excluding diaryl/α,β-unsaturated/α-hetero) is 1. The minimum Gasteiger partial charge on any atom is -0.386 e. The summed E-state index contributed by atoms with van der Waals surface area (Å²) in [5.41, 5.74) is 3.79. The summed E-state index contributed by atoms with van der Waals surface area (Å²) in [6.07, 6.45) is 0. The van der Waals surface area contributed by atoms with Gasteiger partial charge >= 0.3 is 0 Å². The molecule has 1 aromatic carbocycles. The van der Waals surface area contributed by atoms with Crippen LogP contribution in [0.4, 0.5) is 28.7 Å². The number of hydrogen-bond donors (Lipinski definition) is 3. The van der Waals surface area contributed by atoms with E-state index in [2.05, 4.69) is 31.1 Å². The molecule has 0 fully saturated rings. The molecule has 0 radical (unpaired) electrons. The molecule has 3 aromatic rings. The summed E-state index contributed by atoms with van der Waals surface area (Å²) in [5.74, 6) is 1.09. The maximum absolute atomic E-state index is 11.5. The molecule has 138 valence electrons. The van der Waals surface area contributed by atoms with Gasteiger partial charge in [-0.2, -0.15) is 5.10 Å². The third-order valence-corrected chi connectivity index (χ3v) is 4.14. The van der Waals surface area contributed by atoms with E-state index in [1.807, 2.05) is 44.3 Å². The van der Waals surface area contributed by atoms with Crippen LogP contribution >= 0.6 is 11.6 Å². The summed E-state index contributed by atoms with van der Waals surface area (Å²) in [6, 6.07) is 12.9. The number of nitrogens with one attached hydrogen (secondary N) is 3. The summed E-state index contributed by atoms with van der Waals surface area (Å²) in [7, 11) is 1.83. The minimum absolute atomic E-state index is 0.121. The maximum atomic E-state index is 11.5. The van der Waals surface area contributed by atoms with Crippen molar-refractivity contribution in [1.29, 1.82) is 0 Å². The molecule has 0 saturated heterocycles. The molecule has 2 aromatic heterocycles. The van der Waals surface area contributed by atoms with Crippen LogP contribution < -0.4 is 16.0 Å². The molecule has 7 nitrogen and oxygen atoms in total. The number of pyridine rings is 1. The van der Waals surface area contributed by atoms with Crippen LogP contribution in [-0.4, -0.2) is 28.0 Å². The van der Waals surface area contributed by atoms with Crippen LogP contribution in [-0.2, 0) is 0 Å². The van der Waals surface area contributed by atoms with Gasteiger partial charge in [-0.05, 0) is 56.3 Å². The van der Waals surface area contributed by atoms with Gasteiger partial charge in [0.2, 0.25) is 0 Å². The van der Waals surface area contributed by atoms with Crippen molar-refractivity contribution in [1.82, 2.24) is 15.2 Å². The molecule has 0 aliphatic heterocycles. The number of aryl methyl sites for hydroxylation is 1. The van der Waals surface area contributed by atoms with Gasteiger partial charge in [0.15, 0.2) is 11.6 Å². The number of nitrogens with zero attached hydrogens (tertiary/aromatic N) is 3.